The Balaban J connectivity index is 0. The summed E-state index contributed by atoms with van der Waals surface area (Å²) in [6.07, 6.45) is 0.942. The molecule has 0 saturated carbocycles. The van der Waals surface area contributed by atoms with E-state index in [0.717, 1.165) is 19.6 Å². The fraction of sp³-hybridized carbons (Fsp3) is 0.833. The normalized spacial score (nSPS) is 8.67. The summed E-state index contributed by atoms with van der Waals surface area (Å²) in [6.45, 7) is 4.24. The number of hydrogen-bond donors (Lipinski definition) is 0. The maximum absolute atomic E-state index is 5.03. The van der Waals surface area contributed by atoms with Gasteiger partial charge in [-0.2, -0.15) is 0 Å². The van der Waals surface area contributed by atoms with Crippen LogP contribution in [0.4, 0.5) is 0 Å². The van der Waals surface area contributed by atoms with E-state index in [1.807, 2.05) is 6.92 Å². The molecule has 53 valence electrons. The van der Waals surface area contributed by atoms with Gasteiger partial charge in [-0.3, -0.25) is 0 Å². The van der Waals surface area contributed by atoms with Crippen molar-refractivity contribution in [1.29, 1.82) is 0 Å². The average Bonchev–Trinajstić information content (AvgIpc) is 1.81. The number of hydrogen-bond acceptors (Lipinski definition) is 2. The Bertz CT molecular complexity index is 36.0. The molecular weight excluding hydrogens is 193 g/mol. The molecular formula is C6H13O2Y-. The Morgan fingerprint density at radius 3 is 2.44 bits per heavy atom. The number of ether oxygens (including phenoxy) is 2. The van der Waals surface area contributed by atoms with Crippen molar-refractivity contribution in [3.63, 3.8) is 0 Å². The fourth-order valence-corrected chi connectivity index (χ4v) is 0.407. The van der Waals surface area contributed by atoms with E-state index in [9.17, 15) is 0 Å². The van der Waals surface area contributed by atoms with Crippen LogP contribution in [0.3, 0.4) is 0 Å². The standard InChI is InChI=1S/C6H13O2.Y/c1-3-8-6-4-5-7-2;/h2-6H2,1H3;/q-1;. The smallest absolute Gasteiger partial charge is 0.0486 e. The van der Waals surface area contributed by atoms with E-state index >= 15 is 0 Å². The summed E-state index contributed by atoms with van der Waals surface area (Å²) in [5, 5.41) is 0. The summed E-state index contributed by atoms with van der Waals surface area (Å²) in [5.74, 6) is 0. The van der Waals surface area contributed by atoms with Crippen LogP contribution >= 0.6 is 0 Å². The molecule has 0 unspecified atom stereocenters. The Hall–Kier alpha value is 1.02. The number of rotatable bonds is 5. The fourth-order valence-electron chi connectivity index (χ4n) is 0.407. The van der Waals surface area contributed by atoms with Crippen LogP contribution in [-0.2, 0) is 42.2 Å². The molecule has 0 aromatic carbocycles. The second-order valence-electron chi connectivity index (χ2n) is 1.46. The van der Waals surface area contributed by atoms with Crippen LogP contribution < -0.4 is 0 Å². The predicted octanol–water partition coefficient (Wildman–Crippen LogP) is 1.22. The molecule has 0 bridgehead atoms. The molecule has 0 amide bonds. The van der Waals surface area contributed by atoms with E-state index in [-0.39, 0.29) is 32.7 Å². The second-order valence-corrected chi connectivity index (χ2v) is 1.46. The van der Waals surface area contributed by atoms with Crippen molar-refractivity contribution >= 4 is 0 Å². The molecule has 0 fully saturated rings. The Morgan fingerprint density at radius 1 is 1.33 bits per heavy atom. The molecule has 0 atom stereocenters. The first-order valence-corrected chi connectivity index (χ1v) is 2.86. The van der Waals surface area contributed by atoms with Gasteiger partial charge < -0.3 is 9.47 Å². The zero-order chi connectivity index (χ0) is 6.24. The topological polar surface area (TPSA) is 18.5 Å². The van der Waals surface area contributed by atoms with Gasteiger partial charge in [0.25, 0.3) is 0 Å². The van der Waals surface area contributed by atoms with E-state index in [4.69, 9.17) is 4.74 Å². The summed E-state index contributed by atoms with van der Waals surface area (Å²) >= 11 is 0. The first-order valence-electron chi connectivity index (χ1n) is 2.86. The van der Waals surface area contributed by atoms with E-state index in [1.54, 1.807) is 0 Å². The van der Waals surface area contributed by atoms with Gasteiger partial charge in [0.15, 0.2) is 0 Å². The Kier molecular flexibility index (Phi) is 16.6. The Labute approximate surface area is 82.2 Å². The molecule has 0 spiro atoms. The van der Waals surface area contributed by atoms with E-state index < -0.39 is 0 Å². The molecule has 9 heavy (non-hydrogen) atoms. The zero-order valence-corrected chi connectivity index (χ0v) is 8.77. The summed E-state index contributed by atoms with van der Waals surface area (Å²) in [4.78, 5) is 0. The molecule has 0 aliphatic carbocycles. The van der Waals surface area contributed by atoms with Crippen LogP contribution in [-0.4, -0.2) is 19.8 Å². The van der Waals surface area contributed by atoms with Crippen molar-refractivity contribution in [3.8, 4) is 0 Å². The van der Waals surface area contributed by atoms with Gasteiger partial charge in [-0.25, -0.2) is 7.11 Å². The molecule has 3 heteroatoms. The largest absolute Gasteiger partial charge is 0.555 e. The third-order valence-electron chi connectivity index (χ3n) is 0.781. The minimum absolute atomic E-state index is 0. The van der Waals surface area contributed by atoms with Crippen LogP contribution in [0.15, 0.2) is 0 Å². The molecule has 0 saturated heterocycles. The van der Waals surface area contributed by atoms with Gasteiger partial charge in [-0.05, 0) is 13.3 Å². The summed E-state index contributed by atoms with van der Waals surface area (Å²) < 4.78 is 9.59. The summed E-state index contributed by atoms with van der Waals surface area (Å²) in [7, 11) is 3.23. The van der Waals surface area contributed by atoms with Crippen molar-refractivity contribution in [1.82, 2.24) is 0 Å². The molecule has 0 aliphatic rings. The second kappa shape index (κ2) is 11.8. The van der Waals surface area contributed by atoms with Crippen LogP contribution in [0.2, 0.25) is 0 Å². The first kappa shape index (κ1) is 12.7. The summed E-state index contributed by atoms with van der Waals surface area (Å²) in [6, 6.07) is 0. The van der Waals surface area contributed by atoms with Gasteiger partial charge in [-0.1, -0.05) is 0 Å². The van der Waals surface area contributed by atoms with Gasteiger partial charge >= 0.3 is 0 Å². The Morgan fingerprint density at radius 2 is 2.00 bits per heavy atom. The minimum atomic E-state index is 0. The van der Waals surface area contributed by atoms with E-state index in [2.05, 4.69) is 11.8 Å². The van der Waals surface area contributed by atoms with Crippen molar-refractivity contribution in [2.45, 2.75) is 13.3 Å². The molecule has 0 aromatic heterocycles. The van der Waals surface area contributed by atoms with E-state index in [1.165, 1.54) is 0 Å². The van der Waals surface area contributed by atoms with Crippen molar-refractivity contribution in [2.75, 3.05) is 19.8 Å². The minimum Gasteiger partial charge on any atom is -0.555 e. The van der Waals surface area contributed by atoms with Gasteiger partial charge in [0.1, 0.15) is 0 Å². The maximum atomic E-state index is 5.03. The van der Waals surface area contributed by atoms with Gasteiger partial charge in [0, 0.05) is 52.5 Å². The molecule has 0 rings (SSSR count). The van der Waals surface area contributed by atoms with Crippen molar-refractivity contribution < 1.29 is 42.2 Å². The monoisotopic (exact) mass is 206 g/mol. The molecule has 0 heterocycles. The van der Waals surface area contributed by atoms with Crippen LogP contribution in [0.5, 0.6) is 0 Å². The van der Waals surface area contributed by atoms with Crippen LogP contribution in [0.1, 0.15) is 13.3 Å². The van der Waals surface area contributed by atoms with Gasteiger partial charge in [-0.15, -0.1) is 0 Å². The molecule has 1 radical (unpaired) electrons. The van der Waals surface area contributed by atoms with Crippen LogP contribution in [0.25, 0.3) is 0 Å². The maximum Gasteiger partial charge on any atom is 0.0486 e. The first-order chi connectivity index (χ1) is 3.91. The van der Waals surface area contributed by atoms with Gasteiger partial charge in [0.2, 0.25) is 0 Å². The third kappa shape index (κ3) is 12.3. The SMILES string of the molecule is [CH2-]OCCCOCC.[Y]. The molecule has 2 nitrogen and oxygen atoms in total. The van der Waals surface area contributed by atoms with Crippen LogP contribution in [0, 0.1) is 7.11 Å². The molecule has 0 aromatic rings. The summed E-state index contributed by atoms with van der Waals surface area (Å²) in [5.41, 5.74) is 0. The van der Waals surface area contributed by atoms with Crippen molar-refractivity contribution in [2.24, 2.45) is 0 Å². The molecule has 0 aliphatic heterocycles. The quantitative estimate of drug-likeness (QED) is 0.497. The predicted molar refractivity (Wildman–Crippen MR) is 32.4 cm³/mol. The molecule has 0 N–H and O–H groups in total. The van der Waals surface area contributed by atoms with Gasteiger partial charge in [0.05, 0.1) is 0 Å². The third-order valence-corrected chi connectivity index (χ3v) is 0.781. The zero-order valence-electron chi connectivity index (χ0n) is 5.93. The average molecular weight is 206 g/mol. The van der Waals surface area contributed by atoms with Crippen molar-refractivity contribution in [3.05, 3.63) is 7.11 Å². The van der Waals surface area contributed by atoms with E-state index in [0.29, 0.717) is 6.61 Å².